The molecule has 0 atom stereocenters. The van der Waals surface area contributed by atoms with E-state index >= 15 is 0 Å². The third kappa shape index (κ3) is 5.34. The number of carbonyl (C=O) groups is 1. The van der Waals surface area contributed by atoms with Crippen molar-refractivity contribution in [2.75, 3.05) is 13.1 Å². The summed E-state index contributed by atoms with van der Waals surface area (Å²) in [5.41, 5.74) is 0.802. The molecule has 1 aliphatic heterocycles. The largest absolute Gasteiger partial charge is 0.349 e. The molecule has 2 aromatic rings. The van der Waals surface area contributed by atoms with Crippen molar-refractivity contribution in [2.45, 2.75) is 32.2 Å². The molecule has 0 aromatic carbocycles. The number of hydrogen-bond donors (Lipinski definition) is 2. The van der Waals surface area contributed by atoms with E-state index in [9.17, 15) is 4.79 Å². The van der Waals surface area contributed by atoms with Gasteiger partial charge in [-0.1, -0.05) is 6.07 Å². The second-order valence-corrected chi connectivity index (χ2v) is 5.55. The van der Waals surface area contributed by atoms with Gasteiger partial charge in [0.2, 0.25) is 5.91 Å². The van der Waals surface area contributed by atoms with Gasteiger partial charge in [-0.15, -0.1) is 35.0 Å². The summed E-state index contributed by atoms with van der Waals surface area (Å²) in [5, 5.41) is 14.5. The van der Waals surface area contributed by atoms with Gasteiger partial charge in [0.15, 0.2) is 11.5 Å². The number of rotatable bonds is 5. The Hall–Kier alpha value is -1.37. The van der Waals surface area contributed by atoms with Gasteiger partial charge in [-0.05, 0) is 50.4 Å². The lowest BCUT2D eigenvalue weighted by Crippen LogP contribution is -2.29. The third-order valence-corrected chi connectivity index (χ3v) is 4.07. The van der Waals surface area contributed by atoms with Gasteiger partial charge in [-0.2, -0.15) is 0 Å². The number of pyridine rings is 1. The van der Waals surface area contributed by atoms with E-state index in [-0.39, 0.29) is 30.7 Å². The summed E-state index contributed by atoms with van der Waals surface area (Å²) in [5.74, 6) is 1.55. The van der Waals surface area contributed by atoms with Gasteiger partial charge in [0.05, 0.1) is 6.54 Å². The van der Waals surface area contributed by atoms with Gasteiger partial charge >= 0.3 is 0 Å². The van der Waals surface area contributed by atoms with Crippen LogP contribution in [0.4, 0.5) is 0 Å². The van der Waals surface area contributed by atoms with Crippen LogP contribution in [-0.4, -0.2) is 33.6 Å². The fourth-order valence-corrected chi connectivity index (χ4v) is 2.78. The van der Waals surface area contributed by atoms with Crippen molar-refractivity contribution in [1.29, 1.82) is 0 Å². The minimum absolute atomic E-state index is 0. The van der Waals surface area contributed by atoms with Gasteiger partial charge < -0.3 is 10.6 Å². The van der Waals surface area contributed by atoms with Gasteiger partial charge in [0, 0.05) is 12.6 Å². The monoisotopic (exact) mass is 359 g/mol. The lowest BCUT2D eigenvalue weighted by Gasteiger charge is -2.22. The van der Waals surface area contributed by atoms with E-state index < -0.39 is 0 Å². The predicted octanol–water partition coefficient (Wildman–Crippen LogP) is 1.97. The second-order valence-electron chi connectivity index (χ2n) is 5.55. The molecule has 2 N–H and O–H groups in total. The Morgan fingerprint density at radius 2 is 2.04 bits per heavy atom. The van der Waals surface area contributed by atoms with Crippen molar-refractivity contribution < 1.29 is 4.79 Å². The number of nitrogens with zero attached hydrogens (tertiary/aromatic N) is 3. The van der Waals surface area contributed by atoms with Crippen molar-refractivity contribution in [3.63, 3.8) is 0 Å². The first-order valence-corrected chi connectivity index (χ1v) is 7.59. The maximum atomic E-state index is 11.9. The molecule has 1 aliphatic rings. The summed E-state index contributed by atoms with van der Waals surface area (Å²) in [7, 11) is 0. The predicted molar refractivity (Wildman–Crippen MR) is 94.2 cm³/mol. The first-order chi connectivity index (χ1) is 10.3. The zero-order valence-electron chi connectivity index (χ0n) is 12.9. The highest BCUT2D eigenvalue weighted by atomic mass is 35.5. The Bertz CT molecular complexity index is 613. The van der Waals surface area contributed by atoms with Crippen LogP contribution in [0.2, 0.25) is 0 Å². The first kappa shape index (κ1) is 19.7. The Kier molecular flexibility index (Phi) is 8.30. The fraction of sp³-hybridized carbons (Fsp3) is 0.533. The van der Waals surface area contributed by atoms with Crippen LogP contribution in [0.15, 0.2) is 24.4 Å². The summed E-state index contributed by atoms with van der Waals surface area (Å²) in [6, 6.07) is 5.75. The van der Waals surface area contributed by atoms with Gasteiger partial charge in [-0.3, -0.25) is 9.20 Å². The molecule has 3 heterocycles. The minimum atomic E-state index is 0. The molecule has 3 rings (SSSR count). The molecule has 8 heteroatoms. The maximum absolute atomic E-state index is 11.9. The number of fused-ring (bicyclic) bond motifs is 1. The van der Waals surface area contributed by atoms with E-state index in [1.54, 1.807) is 0 Å². The number of amides is 1. The minimum Gasteiger partial charge on any atom is -0.349 e. The van der Waals surface area contributed by atoms with Gasteiger partial charge in [0.25, 0.3) is 0 Å². The summed E-state index contributed by atoms with van der Waals surface area (Å²) >= 11 is 0. The molecule has 1 fully saturated rings. The van der Waals surface area contributed by atoms with Crippen LogP contribution in [0.1, 0.15) is 31.5 Å². The summed E-state index contributed by atoms with van der Waals surface area (Å²) < 4.78 is 1.90. The van der Waals surface area contributed by atoms with Crippen molar-refractivity contribution >= 4 is 36.4 Å². The van der Waals surface area contributed by atoms with Crippen molar-refractivity contribution in [3.05, 3.63) is 30.2 Å². The van der Waals surface area contributed by atoms with E-state index in [2.05, 4.69) is 20.8 Å². The van der Waals surface area contributed by atoms with Gasteiger partial charge in [0.1, 0.15) is 0 Å². The zero-order chi connectivity index (χ0) is 14.5. The number of aromatic nitrogens is 3. The van der Waals surface area contributed by atoms with Crippen LogP contribution in [0.5, 0.6) is 0 Å². The van der Waals surface area contributed by atoms with Crippen molar-refractivity contribution in [3.8, 4) is 0 Å². The standard InChI is InChI=1S/C15H21N5O.2ClH/c21-15(5-4-12-6-8-16-9-7-12)17-11-14-19-18-13-3-1-2-10-20(13)14;;/h1-3,10,12,16H,4-9,11H2,(H,17,21);2*1H. The van der Waals surface area contributed by atoms with Crippen LogP contribution in [-0.2, 0) is 11.3 Å². The number of piperidine rings is 1. The van der Waals surface area contributed by atoms with E-state index in [0.717, 1.165) is 31.0 Å². The molecule has 2 aromatic heterocycles. The Morgan fingerprint density at radius 1 is 1.26 bits per heavy atom. The number of halogens is 2. The van der Waals surface area contributed by atoms with E-state index in [4.69, 9.17) is 0 Å². The Balaban J connectivity index is 0.00000132. The SMILES string of the molecule is Cl.Cl.O=C(CCC1CCNCC1)NCc1nnc2ccccn12. The Labute approximate surface area is 148 Å². The highest BCUT2D eigenvalue weighted by Gasteiger charge is 2.14. The molecule has 0 radical (unpaired) electrons. The molecule has 23 heavy (non-hydrogen) atoms. The van der Waals surface area contributed by atoms with Crippen LogP contribution in [0.3, 0.4) is 0 Å². The highest BCUT2D eigenvalue weighted by molar-refractivity contribution is 5.85. The third-order valence-electron chi connectivity index (χ3n) is 4.07. The molecule has 0 unspecified atom stereocenters. The smallest absolute Gasteiger partial charge is 0.220 e. The molecule has 6 nitrogen and oxygen atoms in total. The quantitative estimate of drug-likeness (QED) is 0.855. The average molecular weight is 360 g/mol. The highest BCUT2D eigenvalue weighted by Crippen LogP contribution is 2.17. The fourth-order valence-electron chi connectivity index (χ4n) is 2.78. The molecule has 0 spiro atoms. The molecule has 0 bridgehead atoms. The van der Waals surface area contributed by atoms with Crippen LogP contribution in [0.25, 0.3) is 5.65 Å². The number of hydrogen-bond acceptors (Lipinski definition) is 4. The zero-order valence-corrected chi connectivity index (χ0v) is 14.5. The number of carbonyl (C=O) groups excluding carboxylic acids is 1. The maximum Gasteiger partial charge on any atom is 0.220 e. The molecule has 1 amide bonds. The van der Waals surface area contributed by atoms with Crippen molar-refractivity contribution in [1.82, 2.24) is 25.2 Å². The molecule has 1 saturated heterocycles. The first-order valence-electron chi connectivity index (χ1n) is 7.59. The van der Waals surface area contributed by atoms with Crippen LogP contribution in [0, 0.1) is 5.92 Å². The normalized spacial score (nSPS) is 14.8. The lowest BCUT2D eigenvalue weighted by molar-refractivity contribution is -0.121. The molecule has 0 saturated carbocycles. The summed E-state index contributed by atoms with van der Waals surface area (Å²) in [4.78, 5) is 11.9. The topological polar surface area (TPSA) is 71.3 Å². The van der Waals surface area contributed by atoms with E-state index in [1.807, 2.05) is 28.8 Å². The molecular formula is C15H23Cl2N5O. The summed E-state index contributed by atoms with van der Waals surface area (Å²) in [6.07, 6.45) is 5.85. The molecule has 0 aliphatic carbocycles. The number of nitrogens with one attached hydrogen (secondary N) is 2. The van der Waals surface area contributed by atoms with Crippen LogP contribution < -0.4 is 10.6 Å². The molecular weight excluding hydrogens is 337 g/mol. The Morgan fingerprint density at radius 3 is 2.83 bits per heavy atom. The molecule has 128 valence electrons. The summed E-state index contributed by atoms with van der Waals surface area (Å²) in [6.45, 7) is 2.59. The average Bonchev–Trinajstić information content (AvgIpc) is 2.95. The second kappa shape index (κ2) is 9.70. The van der Waals surface area contributed by atoms with E-state index in [0.29, 0.717) is 18.9 Å². The van der Waals surface area contributed by atoms with Crippen molar-refractivity contribution in [2.24, 2.45) is 5.92 Å². The van der Waals surface area contributed by atoms with Crippen LogP contribution >= 0.6 is 24.8 Å². The van der Waals surface area contributed by atoms with E-state index in [1.165, 1.54) is 12.8 Å². The van der Waals surface area contributed by atoms with Gasteiger partial charge in [-0.25, -0.2) is 0 Å². The lowest BCUT2D eigenvalue weighted by atomic mass is 9.93.